The first-order valence-corrected chi connectivity index (χ1v) is 7.50. The predicted octanol–water partition coefficient (Wildman–Crippen LogP) is 1.19. The second-order valence-electron chi connectivity index (χ2n) is 4.44. The van der Waals surface area contributed by atoms with Crippen LogP contribution >= 0.6 is 0 Å². The van der Waals surface area contributed by atoms with E-state index in [2.05, 4.69) is 5.32 Å². The van der Waals surface area contributed by atoms with Crippen molar-refractivity contribution in [2.45, 2.75) is 24.8 Å². The van der Waals surface area contributed by atoms with Gasteiger partial charge < -0.3 is 14.8 Å². The Kier molecular flexibility index (Phi) is 3.77. The molecule has 5 nitrogen and oxygen atoms in total. The molecule has 0 spiro atoms. The predicted molar refractivity (Wildman–Crippen MR) is 67.8 cm³/mol. The minimum absolute atomic E-state index is 0.0742. The zero-order valence-electron chi connectivity index (χ0n) is 10.5. The molecule has 0 saturated carbocycles. The third-order valence-corrected chi connectivity index (χ3v) is 4.34. The zero-order valence-corrected chi connectivity index (χ0v) is 11.3. The Bertz CT molecular complexity index is 525. The molecule has 1 aromatic rings. The minimum atomic E-state index is -3.28. The normalized spacial score (nSPS) is 14.2. The van der Waals surface area contributed by atoms with Gasteiger partial charge in [0.2, 0.25) is 6.79 Å². The Labute approximate surface area is 107 Å². The van der Waals surface area contributed by atoms with Gasteiger partial charge in [-0.2, -0.15) is 0 Å². The van der Waals surface area contributed by atoms with Crippen LogP contribution in [0.3, 0.4) is 0 Å². The molecule has 0 atom stereocenters. The van der Waals surface area contributed by atoms with Gasteiger partial charge in [-0.3, -0.25) is 0 Å². The van der Waals surface area contributed by atoms with Crippen LogP contribution in [0.25, 0.3) is 0 Å². The van der Waals surface area contributed by atoms with Crippen molar-refractivity contribution in [3.63, 3.8) is 0 Å². The van der Waals surface area contributed by atoms with E-state index in [4.69, 9.17) is 9.47 Å². The quantitative estimate of drug-likeness (QED) is 0.871. The smallest absolute Gasteiger partial charge is 0.231 e. The minimum Gasteiger partial charge on any atom is -0.454 e. The molecule has 0 amide bonds. The Balaban J connectivity index is 2.10. The van der Waals surface area contributed by atoms with Crippen molar-refractivity contribution in [3.05, 3.63) is 18.2 Å². The number of sulfone groups is 1. The molecule has 100 valence electrons. The van der Waals surface area contributed by atoms with E-state index in [-0.39, 0.29) is 23.5 Å². The number of hydrogen-bond donors (Lipinski definition) is 1. The van der Waals surface area contributed by atoms with Gasteiger partial charge in [-0.1, -0.05) is 13.8 Å². The van der Waals surface area contributed by atoms with Gasteiger partial charge in [0.25, 0.3) is 0 Å². The molecule has 1 aliphatic heterocycles. The van der Waals surface area contributed by atoms with E-state index in [1.165, 1.54) is 6.07 Å². The molecule has 0 bridgehead atoms. The lowest BCUT2D eigenvalue weighted by Gasteiger charge is -2.09. The summed E-state index contributed by atoms with van der Waals surface area (Å²) in [6.07, 6.45) is 0. The van der Waals surface area contributed by atoms with Crippen LogP contribution in [0.4, 0.5) is 0 Å². The lowest BCUT2D eigenvalue weighted by Crippen LogP contribution is -2.28. The summed E-state index contributed by atoms with van der Waals surface area (Å²) in [5.41, 5.74) is 0. The lowest BCUT2D eigenvalue weighted by molar-refractivity contribution is 0.174. The Morgan fingerprint density at radius 2 is 2.00 bits per heavy atom. The topological polar surface area (TPSA) is 64.6 Å². The van der Waals surface area contributed by atoms with E-state index >= 15 is 0 Å². The van der Waals surface area contributed by atoms with Crippen LogP contribution in [0.2, 0.25) is 0 Å². The molecule has 0 aromatic heterocycles. The van der Waals surface area contributed by atoms with Gasteiger partial charge in [0.15, 0.2) is 21.3 Å². The van der Waals surface area contributed by atoms with Gasteiger partial charge in [-0.25, -0.2) is 8.42 Å². The summed E-state index contributed by atoms with van der Waals surface area (Å²) < 4.78 is 34.5. The number of rotatable bonds is 5. The van der Waals surface area contributed by atoms with Gasteiger partial charge in [-0.15, -0.1) is 0 Å². The molecule has 0 radical (unpaired) electrons. The third kappa shape index (κ3) is 2.94. The van der Waals surface area contributed by atoms with Crippen molar-refractivity contribution >= 4 is 9.84 Å². The van der Waals surface area contributed by atoms with Crippen molar-refractivity contribution in [2.24, 2.45) is 0 Å². The molecule has 1 aliphatic rings. The van der Waals surface area contributed by atoms with E-state index in [9.17, 15) is 8.42 Å². The average Bonchev–Trinajstić information content (AvgIpc) is 2.74. The van der Waals surface area contributed by atoms with Gasteiger partial charge in [0.1, 0.15) is 0 Å². The maximum Gasteiger partial charge on any atom is 0.231 e. The molecular formula is C12H17NO4S. The highest BCUT2D eigenvalue weighted by molar-refractivity contribution is 7.91. The number of ether oxygens (including phenoxy) is 2. The van der Waals surface area contributed by atoms with Crippen molar-refractivity contribution < 1.29 is 17.9 Å². The standard InChI is InChI=1S/C12H17NO4S/c1-9(2)13-5-6-18(14,15)10-3-4-11-12(7-10)17-8-16-11/h3-4,7,9,13H,5-6,8H2,1-2H3. The van der Waals surface area contributed by atoms with E-state index in [1.54, 1.807) is 12.1 Å². The monoisotopic (exact) mass is 271 g/mol. The molecule has 0 aliphatic carbocycles. The summed E-state index contributed by atoms with van der Waals surface area (Å²) in [5.74, 6) is 1.16. The lowest BCUT2D eigenvalue weighted by atomic mass is 10.3. The summed E-state index contributed by atoms with van der Waals surface area (Å²) in [7, 11) is -3.28. The molecule has 0 fully saturated rings. The van der Waals surface area contributed by atoms with Crippen molar-refractivity contribution in [1.82, 2.24) is 5.32 Å². The van der Waals surface area contributed by atoms with Crippen LogP contribution in [0.15, 0.2) is 23.1 Å². The van der Waals surface area contributed by atoms with E-state index in [0.717, 1.165) is 0 Å². The van der Waals surface area contributed by atoms with Crippen LogP contribution in [-0.2, 0) is 9.84 Å². The third-order valence-electron chi connectivity index (χ3n) is 2.63. The summed E-state index contributed by atoms with van der Waals surface area (Å²) in [6, 6.07) is 4.98. The molecule has 18 heavy (non-hydrogen) atoms. The van der Waals surface area contributed by atoms with Gasteiger partial charge in [0.05, 0.1) is 10.6 Å². The summed E-state index contributed by atoms with van der Waals surface area (Å²) in [4.78, 5) is 0.275. The first kappa shape index (κ1) is 13.2. The summed E-state index contributed by atoms with van der Waals surface area (Å²) >= 11 is 0. The Morgan fingerprint density at radius 3 is 2.72 bits per heavy atom. The van der Waals surface area contributed by atoms with Crippen molar-refractivity contribution in [2.75, 3.05) is 19.1 Å². The fourth-order valence-corrected chi connectivity index (χ4v) is 2.85. The van der Waals surface area contributed by atoms with Crippen molar-refractivity contribution in [1.29, 1.82) is 0 Å². The second kappa shape index (κ2) is 5.16. The Morgan fingerprint density at radius 1 is 1.28 bits per heavy atom. The number of fused-ring (bicyclic) bond motifs is 1. The van der Waals surface area contributed by atoms with Crippen LogP contribution < -0.4 is 14.8 Å². The zero-order chi connectivity index (χ0) is 13.2. The molecule has 1 heterocycles. The van der Waals surface area contributed by atoms with Crippen LogP contribution in [0.1, 0.15) is 13.8 Å². The molecular weight excluding hydrogens is 254 g/mol. The molecule has 1 N–H and O–H groups in total. The molecule has 2 rings (SSSR count). The average molecular weight is 271 g/mol. The number of hydrogen-bond acceptors (Lipinski definition) is 5. The summed E-state index contributed by atoms with van der Waals surface area (Å²) in [6.45, 7) is 4.54. The molecule has 0 saturated heterocycles. The number of benzene rings is 1. The van der Waals surface area contributed by atoms with Gasteiger partial charge >= 0.3 is 0 Å². The molecule has 0 unspecified atom stereocenters. The van der Waals surface area contributed by atoms with Gasteiger partial charge in [-0.05, 0) is 12.1 Å². The maximum atomic E-state index is 12.1. The highest BCUT2D eigenvalue weighted by Crippen LogP contribution is 2.33. The van der Waals surface area contributed by atoms with Crippen LogP contribution in [0.5, 0.6) is 11.5 Å². The first-order valence-electron chi connectivity index (χ1n) is 5.85. The van der Waals surface area contributed by atoms with Crippen LogP contribution in [-0.4, -0.2) is 33.6 Å². The molecule has 1 aromatic carbocycles. The van der Waals surface area contributed by atoms with Gasteiger partial charge in [0, 0.05) is 18.7 Å². The van der Waals surface area contributed by atoms with Crippen molar-refractivity contribution in [3.8, 4) is 11.5 Å². The SMILES string of the molecule is CC(C)NCCS(=O)(=O)c1ccc2c(c1)OCO2. The molecule has 6 heteroatoms. The maximum absolute atomic E-state index is 12.1. The highest BCUT2D eigenvalue weighted by Gasteiger charge is 2.20. The first-order chi connectivity index (χ1) is 8.49. The fourth-order valence-electron chi connectivity index (χ4n) is 1.67. The highest BCUT2D eigenvalue weighted by atomic mass is 32.2. The van der Waals surface area contributed by atoms with E-state index in [0.29, 0.717) is 18.0 Å². The Hall–Kier alpha value is -1.27. The fraction of sp³-hybridized carbons (Fsp3) is 0.500. The van der Waals surface area contributed by atoms with Crippen LogP contribution in [0, 0.1) is 0 Å². The van der Waals surface area contributed by atoms with E-state index in [1.807, 2.05) is 13.8 Å². The second-order valence-corrected chi connectivity index (χ2v) is 6.55. The largest absolute Gasteiger partial charge is 0.454 e. The number of nitrogens with one attached hydrogen (secondary N) is 1. The van der Waals surface area contributed by atoms with E-state index < -0.39 is 9.84 Å². The summed E-state index contributed by atoms with van der Waals surface area (Å²) in [5, 5.41) is 3.09.